The fraction of sp³-hybridized carbons (Fsp3) is 0.364. The minimum Gasteiger partial charge on any atom is -0.462 e. The smallest absolute Gasteiger partial charge is 0.341 e. The molecular weight excluding hydrogens is 446 g/mol. The van der Waals surface area contributed by atoms with E-state index in [0.29, 0.717) is 22.2 Å². The molecule has 0 fully saturated rings. The quantitative estimate of drug-likeness (QED) is 0.524. The van der Waals surface area contributed by atoms with Crippen LogP contribution >= 0.6 is 11.3 Å². The maximum atomic E-state index is 12.6. The number of anilines is 1. The van der Waals surface area contributed by atoms with Crippen LogP contribution in [0.1, 0.15) is 51.4 Å². The van der Waals surface area contributed by atoms with E-state index in [1.165, 1.54) is 22.3 Å². The van der Waals surface area contributed by atoms with Crippen molar-refractivity contribution < 1.29 is 23.9 Å². The van der Waals surface area contributed by atoms with E-state index in [1.54, 1.807) is 31.2 Å². The van der Waals surface area contributed by atoms with Crippen molar-refractivity contribution >= 4 is 34.2 Å². The van der Waals surface area contributed by atoms with Gasteiger partial charge in [-0.25, -0.2) is 14.3 Å². The fourth-order valence-electron chi connectivity index (χ4n) is 3.67. The number of ether oxygens (including phenoxy) is 2. The Hall–Kier alpha value is -3.60. The zero-order valence-corrected chi connectivity index (χ0v) is 19.1. The standard InChI is InChI=1S/C22H23N5O5S/c1-3-31-22(30)19-16-9-4-13(2)10-17(16)33-20(19)24-18(28)11-32-21(29)14-5-7-15(8-6-14)27-12-23-25-26-27/h5-8,12-13H,3-4,9-11H2,1-2H3,(H,24,28). The van der Waals surface area contributed by atoms with Gasteiger partial charge in [-0.15, -0.1) is 16.4 Å². The summed E-state index contributed by atoms with van der Waals surface area (Å²) in [5.74, 6) is -1.09. The van der Waals surface area contributed by atoms with Crippen LogP contribution < -0.4 is 5.32 Å². The second kappa shape index (κ2) is 9.90. The highest BCUT2D eigenvalue weighted by molar-refractivity contribution is 7.17. The van der Waals surface area contributed by atoms with Crippen molar-refractivity contribution in [2.75, 3.05) is 18.5 Å². The minimum atomic E-state index is -0.640. The molecule has 2 aromatic heterocycles. The zero-order chi connectivity index (χ0) is 23.4. The van der Waals surface area contributed by atoms with E-state index in [4.69, 9.17) is 9.47 Å². The van der Waals surface area contributed by atoms with Gasteiger partial charge >= 0.3 is 11.9 Å². The first-order valence-electron chi connectivity index (χ1n) is 10.6. The summed E-state index contributed by atoms with van der Waals surface area (Å²) in [5.41, 5.74) is 2.33. The topological polar surface area (TPSA) is 125 Å². The Kier molecular flexibility index (Phi) is 6.78. The van der Waals surface area contributed by atoms with E-state index in [1.807, 2.05) is 0 Å². The molecule has 10 nitrogen and oxygen atoms in total. The van der Waals surface area contributed by atoms with Crippen molar-refractivity contribution in [3.05, 3.63) is 52.2 Å². The Labute approximate surface area is 193 Å². The molecule has 1 atom stereocenters. The lowest BCUT2D eigenvalue weighted by atomic mass is 9.88. The third-order valence-electron chi connectivity index (χ3n) is 5.30. The van der Waals surface area contributed by atoms with Gasteiger partial charge in [0.05, 0.1) is 23.4 Å². The Bertz CT molecular complexity index is 1160. The first-order valence-corrected chi connectivity index (χ1v) is 11.4. The largest absolute Gasteiger partial charge is 0.462 e. The molecule has 1 aliphatic rings. The van der Waals surface area contributed by atoms with Crippen molar-refractivity contribution in [3.8, 4) is 5.69 Å². The van der Waals surface area contributed by atoms with Crippen molar-refractivity contribution in [1.82, 2.24) is 20.2 Å². The summed E-state index contributed by atoms with van der Waals surface area (Å²) in [6.07, 6.45) is 4.04. The van der Waals surface area contributed by atoms with Crippen LogP contribution in [0, 0.1) is 5.92 Å². The summed E-state index contributed by atoms with van der Waals surface area (Å²) in [6, 6.07) is 6.45. The Morgan fingerprint density at radius 1 is 1.18 bits per heavy atom. The van der Waals surface area contributed by atoms with Crippen molar-refractivity contribution in [2.24, 2.45) is 5.92 Å². The molecule has 2 heterocycles. The fourth-order valence-corrected chi connectivity index (χ4v) is 5.08. The van der Waals surface area contributed by atoms with Crippen LogP contribution in [0.3, 0.4) is 0 Å². The van der Waals surface area contributed by atoms with Crippen LogP contribution in [-0.4, -0.2) is 51.3 Å². The van der Waals surface area contributed by atoms with E-state index in [9.17, 15) is 14.4 Å². The molecule has 0 saturated heterocycles. The van der Waals surface area contributed by atoms with Crippen LogP contribution in [0.4, 0.5) is 5.00 Å². The average Bonchev–Trinajstić information content (AvgIpc) is 3.45. The maximum absolute atomic E-state index is 12.6. The molecule has 1 N–H and O–H groups in total. The zero-order valence-electron chi connectivity index (χ0n) is 18.2. The van der Waals surface area contributed by atoms with E-state index in [2.05, 4.69) is 27.8 Å². The highest BCUT2D eigenvalue weighted by Gasteiger charge is 2.29. The normalized spacial score (nSPS) is 14.9. The molecular formula is C22H23N5O5S. The van der Waals surface area contributed by atoms with Gasteiger partial charge < -0.3 is 14.8 Å². The number of esters is 2. The number of hydrogen-bond donors (Lipinski definition) is 1. The van der Waals surface area contributed by atoms with Gasteiger partial charge in [-0.05, 0) is 72.4 Å². The van der Waals surface area contributed by atoms with Gasteiger partial charge in [-0.2, -0.15) is 0 Å². The van der Waals surface area contributed by atoms with Gasteiger partial charge in [-0.3, -0.25) is 4.79 Å². The Morgan fingerprint density at radius 3 is 2.67 bits per heavy atom. The van der Waals surface area contributed by atoms with E-state index < -0.39 is 24.5 Å². The Morgan fingerprint density at radius 2 is 1.97 bits per heavy atom. The van der Waals surface area contributed by atoms with Crippen LogP contribution in [0.25, 0.3) is 5.69 Å². The highest BCUT2D eigenvalue weighted by Crippen LogP contribution is 2.40. The molecule has 11 heteroatoms. The summed E-state index contributed by atoms with van der Waals surface area (Å²) in [6.45, 7) is 3.68. The second-order valence-electron chi connectivity index (χ2n) is 7.70. The van der Waals surface area contributed by atoms with E-state index >= 15 is 0 Å². The number of hydrogen-bond acceptors (Lipinski definition) is 9. The number of aromatic nitrogens is 4. The monoisotopic (exact) mass is 469 g/mol. The summed E-state index contributed by atoms with van der Waals surface area (Å²) in [4.78, 5) is 38.5. The molecule has 0 saturated carbocycles. The number of nitrogens with one attached hydrogen (secondary N) is 1. The first kappa shape index (κ1) is 22.6. The molecule has 0 spiro atoms. The van der Waals surface area contributed by atoms with Gasteiger partial charge in [0.15, 0.2) is 6.61 Å². The number of tetrazole rings is 1. The number of benzene rings is 1. The average molecular weight is 470 g/mol. The number of carbonyl (C=O) groups is 3. The first-order chi connectivity index (χ1) is 16.0. The molecule has 1 unspecified atom stereocenters. The van der Waals surface area contributed by atoms with Gasteiger partial charge in [-0.1, -0.05) is 6.92 Å². The molecule has 3 aromatic rings. The molecule has 1 amide bonds. The third kappa shape index (κ3) is 5.08. The SMILES string of the molecule is CCOC(=O)c1c(NC(=O)COC(=O)c2ccc(-n3cnnn3)cc2)sc2c1CCC(C)C2. The lowest BCUT2D eigenvalue weighted by Gasteiger charge is -2.18. The summed E-state index contributed by atoms with van der Waals surface area (Å²) < 4.78 is 11.8. The molecule has 0 aliphatic heterocycles. The van der Waals surface area contributed by atoms with Crippen LogP contribution in [0.2, 0.25) is 0 Å². The minimum absolute atomic E-state index is 0.247. The number of rotatable bonds is 7. The van der Waals surface area contributed by atoms with Crippen LogP contribution in [0.5, 0.6) is 0 Å². The van der Waals surface area contributed by atoms with Crippen LogP contribution in [-0.2, 0) is 27.1 Å². The van der Waals surface area contributed by atoms with E-state index in [0.717, 1.165) is 29.7 Å². The molecule has 33 heavy (non-hydrogen) atoms. The highest BCUT2D eigenvalue weighted by atomic mass is 32.1. The van der Waals surface area contributed by atoms with Gasteiger partial charge in [0.1, 0.15) is 11.3 Å². The van der Waals surface area contributed by atoms with Gasteiger partial charge in [0.25, 0.3) is 5.91 Å². The summed E-state index contributed by atoms with van der Waals surface area (Å²) in [7, 11) is 0. The lowest BCUT2D eigenvalue weighted by Crippen LogP contribution is -2.22. The molecule has 1 aliphatic carbocycles. The molecule has 172 valence electrons. The second-order valence-corrected chi connectivity index (χ2v) is 8.81. The van der Waals surface area contributed by atoms with Crippen molar-refractivity contribution in [1.29, 1.82) is 0 Å². The molecule has 4 rings (SSSR count). The molecule has 1 aromatic carbocycles. The van der Waals surface area contributed by atoms with E-state index in [-0.39, 0.29) is 12.2 Å². The number of fused-ring (bicyclic) bond motifs is 1. The predicted octanol–water partition coefficient (Wildman–Crippen LogP) is 2.82. The number of carbonyl (C=O) groups excluding carboxylic acids is 3. The lowest BCUT2D eigenvalue weighted by molar-refractivity contribution is -0.119. The van der Waals surface area contributed by atoms with Crippen molar-refractivity contribution in [2.45, 2.75) is 33.1 Å². The number of thiophene rings is 1. The van der Waals surface area contributed by atoms with Crippen molar-refractivity contribution in [3.63, 3.8) is 0 Å². The third-order valence-corrected chi connectivity index (χ3v) is 6.46. The molecule has 0 radical (unpaired) electrons. The maximum Gasteiger partial charge on any atom is 0.341 e. The Balaban J connectivity index is 1.40. The van der Waals surface area contributed by atoms with Gasteiger partial charge in [0, 0.05) is 4.88 Å². The van der Waals surface area contributed by atoms with Crippen LogP contribution in [0.15, 0.2) is 30.6 Å². The number of nitrogens with zero attached hydrogens (tertiary/aromatic N) is 4. The predicted molar refractivity (Wildman–Crippen MR) is 120 cm³/mol. The summed E-state index contributed by atoms with van der Waals surface area (Å²) >= 11 is 1.39. The van der Waals surface area contributed by atoms with Gasteiger partial charge in [0.2, 0.25) is 0 Å². The number of amides is 1. The summed E-state index contributed by atoms with van der Waals surface area (Å²) in [5, 5.41) is 14.1. The molecule has 0 bridgehead atoms.